The molecule has 0 fully saturated rings. The van der Waals surface area contributed by atoms with Crippen LogP contribution in [0.15, 0.2) is 66.7 Å². The van der Waals surface area contributed by atoms with Gasteiger partial charge in [0.1, 0.15) is 6.04 Å². The van der Waals surface area contributed by atoms with E-state index in [1.165, 1.54) is 0 Å². The van der Waals surface area contributed by atoms with Gasteiger partial charge in [-0.15, -0.1) is 0 Å². The first-order chi connectivity index (χ1) is 12.7. The highest BCUT2D eigenvalue weighted by atomic mass is 16.2. The summed E-state index contributed by atoms with van der Waals surface area (Å²) >= 11 is 0. The number of carbonyl (C=O) groups is 2. The molecule has 0 saturated carbocycles. The summed E-state index contributed by atoms with van der Waals surface area (Å²) in [5, 5.41) is 4.96. The van der Waals surface area contributed by atoms with Crippen LogP contribution >= 0.6 is 0 Å². The van der Waals surface area contributed by atoms with Gasteiger partial charge in [0.15, 0.2) is 0 Å². The third-order valence-electron chi connectivity index (χ3n) is 4.84. The Morgan fingerprint density at radius 3 is 2.54 bits per heavy atom. The van der Waals surface area contributed by atoms with E-state index in [2.05, 4.69) is 5.32 Å². The van der Waals surface area contributed by atoms with E-state index < -0.39 is 6.04 Å². The Bertz CT molecular complexity index is 996. The molecule has 0 bridgehead atoms. The normalized spacial score (nSPS) is 15.7. The molecule has 1 aliphatic rings. The molecule has 0 saturated heterocycles. The smallest absolute Gasteiger partial charge is 0.259 e. The number of benzene rings is 3. The van der Waals surface area contributed by atoms with Crippen LogP contribution < -0.4 is 10.2 Å². The number of fused-ring (bicyclic) bond motifs is 2. The SMILES string of the molecule is CCNC(=O)C1Cc2ccccc2N1C(=O)c1ccc2ccccc2c1. The Balaban J connectivity index is 1.76. The molecular formula is C22H20N2O2. The first-order valence-corrected chi connectivity index (χ1v) is 8.87. The lowest BCUT2D eigenvalue weighted by atomic mass is 10.1. The van der Waals surface area contributed by atoms with Gasteiger partial charge in [-0.3, -0.25) is 14.5 Å². The number of rotatable bonds is 3. The summed E-state index contributed by atoms with van der Waals surface area (Å²) in [4.78, 5) is 27.5. The fourth-order valence-electron chi connectivity index (χ4n) is 3.60. The van der Waals surface area contributed by atoms with Crippen LogP contribution in [-0.4, -0.2) is 24.4 Å². The molecule has 3 aromatic carbocycles. The Hall–Kier alpha value is -3.14. The standard InChI is InChI=1S/C22H20N2O2/c1-2-23-21(25)20-14-17-9-5-6-10-19(17)24(20)22(26)18-12-11-15-7-3-4-8-16(15)13-18/h3-13,20H,2,14H2,1H3,(H,23,25). The lowest BCUT2D eigenvalue weighted by Gasteiger charge is -2.25. The third-order valence-corrected chi connectivity index (χ3v) is 4.84. The summed E-state index contributed by atoms with van der Waals surface area (Å²) in [6.07, 6.45) is 0.543. The second-order valence-corrected chi connectivity index (χ2v) is 6.48. The monoisotopic (exact) mass is 344 g/mol. The van der Waals surface area contributed by atoms with Gasteiger partial charge in [0.05, 0.1) is 0 Å². The molecule has 1 aliphatic heterocycles. The minimum Gasteiger partial charge on any atom is -0.355 e. The molecule has 3 aromatic rings. The Kier molecular flexibility index (Phi) is 4.17. The van der Waals surface area contributed by atoms with Crippen molar-refractivity contribution in [1.82, 2.24) is 5.32 Å². The lowest BCUT2D eigenvalue weighted by molar-refractivity contribution is -0.122. The fourth-order valence-corrected chi connectivity index (χ4v) is 3.60. The van der Waals surface area contributed by atoms with Crippen molar-refractivity contribution in [2.24, 2.45) is 0 Å². The molecule has 0 spiro atoms. The molecule has 2 amide bonds. The Labute approximate surface area is 152 Å². The van der Waals surface area contributed by atoms with Crippen molar-refractivity contribution in [2.45, 2.75) is 19.4 Å². The molecule has 4 heteroatoms. The number of amides is 2. The molecule has 0 aliphatic carbocycles. The summed E-state index contributed by atoms with van der Waals surface area (Å²) in [5.41, 5.74) is 2.44. The maximum atomic E-state index is 13.3. The molecular weight excluding hydrogens is 324 g/mol. The van der Waals surface area contributed by atoms with Crippen LogP contribution in [0.1, 0.15) is 22.8 Å². The van der Waals surface area contributed by atoms with E-state index in [-0.39, 0.29) is 11.8 Å². The number of hydrogen-bond acceptors (Lipinski definition) is 2. The maximum Gasteiger partial charge on any atom is 0.259 e. The lowest BCUT2D eigenvalue weighted by Crippen LogP contribution is -2.48. The summed E-state index contributed by atoms with van der Waals surface area (Å²) in [7, 11) is 0. The van der Waals surface area contributed by atoms with Crippen LogP contribution in [0, 0.1) is 0 Å². The van der Waals surface area contributed by atoms with Crippen LogP contribution in [0.25, 0.3) is 10.8 Å². The van der Waals surface area contributed by atoms with Gasteiger partial charge in [-0.2, -0.15) is 0 Å². The Morgan fingerprint density at radius 1 is 1.00 bits per heavy atom. The summed E-state index contributed by atoms with van der Waals surface area (Å²) in [5.74, 6) is -0.255. The van der Waals surface area contributed by atoms with Crippen LogP contribution in [0.2, 0.25) is 0 Å². The van der Waals surface area contributed by atoms with Crippen molar-refractivity contribution in [3.8, 4) is 0 Å². The molecule has 130 valence electrons. The summed E-state index contributed by atoms with van der Waals surface area (Å²) in [6, 6.07) is 20.9. The van der Waals surface area contributed by atoms with Crippen molar-refractivity contribution in [1.29, 1.82) is 0 Å². The molecule has 1 atom stereocenters. The van der Waals surface area contributed by atoms with Crippen LogP contribution in [0.5, 0.6) is 0 Å². The minimum absolute atomic E-state index is 0.113. The number of para-hydroxylation sites is 1. The maximum absolute atomic E-state index is 13.3. The third kappa shape index (κ3) is 2.73. The first kappa shape index (κ1) is 16.3. The molecule has 1 N–H and O–H groups in total. The highest BCUT2D eigenvalue weighted by Crippen LogP contribution is 2.33. The van der Waals surface area contributed by atoms with Gasteiger partial charge in [0.2, 0.25) is 5.91 Å². The van der Waals surface area contributed by atoms with Crippen LogP contribution in [0.3, 0.4) is 0 Å². The average molecular weight is 344 g/mol. The van der Waals surface area contributed by atoms with Crippen molar-refractivity contribution in [3.63, 3.8) is 0 Å². The van der Waals surface area contributed by atoms with Gasteiger partial charge in [0, 0.05) is 24.2 Å². The van der Waals surface area contributed by atoms with Crippen molar-refractivity contribution in [2.75, 3.05) is 11.4 Å². The quantitative estimate of drug-likeness (QED) is 0.790. The number of nitrogens with zero attached hydrogens (tertiary/aromatic N) is 1. The molecule has 0 radical (unpaired) electrons. The first-order valence-electron chi connectivity index (χ1n) is 8.87. The van der Waals surface area contributed by atoms with Crippen molar-refractivity contribution < 1.29 is 9.59 Å². The molecule has 4 rings (SSSR count). The Morgan fingerprint density at radius 2 is 1.73 bits per heavy atom. The number of carbonyl (C=O) groups excluding carboxylic acids is 2. The summed E-state index contributed by atoms with van der Waals surface area (Å²) in [6.45, 7) is 2.43. The minimum atomic E-state index is -0.508. The predicted molar refractivity (Wildman–Crippen MR) is 103 cm³/mol. The number of hydrogen-bond donors (Lipinski definition) is 1. The second kappa shape index (κ2) is 6.64. The average Bonchev–Trinajstić information content (AvgIpc) is 3.07. The zero-order valence-corrected chi connectivity index (χ0v) is 14.6. The number of anilines is 1. The fraction of sp³-hybridized carbons (Fsp3) is 0.182. The largest absolute Gasteiger partial charge is 0.355 e. The molecule has 26 heavy (non-hydrogen) atoms. The van der Waals surface area contributed by atoms with E-state index in [1.54, 1.807) is 4.90 Å². The molecule has 1 heterocycles. The van der Waals surface area contributed by atoms with E-state index >= 15 is 0 Å². The van der Waals surface area contributed by atoms with E-state index in [1.807, 2.05) is 73.7 Å². The zero-order chi connectivity index (χ0) is 18.1. The summed E-state index contributed by atoms with van der Waals surface area (Å²) < 4.78 is 0. The molecule has 4 nitrogen and oxygen atoms in total. The van der Waals surface area contributed by atoms with Gasteiger partial charge >= 0.3 is 0 Å². The van der Waals surface area contributed by atoms with Gasteiger partial charge < -0.3 is 5.32 Å². The van der Waals surface area contributed by atoms with Gasteiger partial charge in [-0.1, -0.05) is 48.5 Å². The van der Waals surface area contributed by atoms with E-state index in [9.17, 15) is 9.59 Å². The van der Waals surface area contributed by atoms with Crippen LogP contribution in [-0.2, 0) is 11.2 Å². The zero-order valence-electron chi connectivity index (χ0n) is 14.6. The topological polar surface area (TPSA) is 49.4 Å². The highest BCUT2D eigenvalue weighted by Gasteiger charge is 2.38. The van der Waals surface area contributed by atoms with E-state index in [0.717, 1.165) is 22.0 Å². The predicted octanol–water partition coefficient (Wildman–Crippen LogP) is 3.55. The van der Waals surface area contributed by atoms with Gasteiger partial charge in [-0.05, 0) is 41.5 Å². The number of nitrogens with one attached hydrogen (secondary N) is 1. The second-order valence-electron chi connectivity index (χ2n) is 6.48. The van der Waals surface area contributed by atoms with E-state index in [4.69, 9.17) is 0 Å². The van der Waals surface area contributed by atoms with Crippen molar-refractivity contribution >= 4 is 28.3 Å². The van der Waals surface area contributed by atoms with E-state index in [0.29, 0.717) is 18.5 Å². The van der Waals surface area contributed by atoms with Crippen LogP contribution in [0.4, 0.5) is 5.69 Å². The number of likely N-dealkylation sites (N-methyl/N-ethyl adjacent to an activating group) is 1. The van der Waals surface area contributed by atoms with Gasteiger partial charge in [-0.25, -0.2) is 0 Å². The highest BCUT2D eigenvalue weighted by molar-refractivity contribution is 6.12. The molecule has 1 unspecified atom stereocenters. The van der Waals surface area contributed by atoms with Crippen molar-refractivity contribution in [3.05, 3.63) is 77.9 Å². The van der Waals surface area contributed by atoms with Gasteiger partial charge in [0.25, 0.3) is 5.91 Å². The molecule has 0 aromatic heterocycles.